The third-order valence-electron chi connectivity index (χ3n) is 23.2. The monoisotopic (exact) mass is 1540 g/mol. The highest BCUT2D eigenvalue weighted by atomic mass is 32.1. The highest BCUT2D eigenvalue weighted by Crippen LogP contribution is 2.49. The Kier molecular flexibility index (Phi) is 17.5. The molecule has 24 aromatic rings. The predicted octanol–water partition coefficient (Wildman–Crippen LogP) is 32.3. The van der Waals surface area contributed by atoms with Crippen LogP contribution in [0.4, 0.5) is 0 Å². The van der Waals surface area contributed by atoms with E-state index in [2.05, 4.69) is 400 Å². The summed E-state index contributed by atoms with van der Waals surface area (Å²) in [5.74, 6) is 0. The third-order valence-corrected chi connectivity index (χ3v) is 26.6. The van der Waals surface area contributed by atoms with Gasteiger partial charge in [-0.2, -0.15) is 0 Å². The van der Waals surface area contributed by atoms with Gasteiger partial charge in [-0.15, -0.1) is 34.0 Å². The van der Waals surface area contributed by atoms with Crippen molar-refractivity contribution in [1.29, 1.82) is 0 Å². The Balaban J connectivity index is 0.000000106. The summed E-state index contributed by atoms with van der Waals surface area (Å²) in [6.07, 6.45) is 6.10. The van der Waals surface area contributed by atoms with E-state index in [1.54, 1.807) is 0 Å². The van der Waals surface area contributed by atoms with E-state index in [-0.39, 0.29) is 0 Å². The first kappa shape index (κ1) is 69.4. The molecule has 6 heteroatoms. The fraction of sp³-hybridized carbons (Fsp3) is 0. The summed E-state index contributed by atoms with van der Waals surface area (Å²) < 4.78 is 7.92. The van der Waals surface area contributed by atoms with Gasteiger partial charge >= 0.3 is 0 Å². The number of aromatic nitrogens is 3. The third kappa shape index (κ3) is 12.3. The maximum atomic E-state index is 5.10. The fourth-order valence-electron chi connectivity index (χ4n) is 17.9. The molecule has 6 heterocycles. The molecule has 0 aliphatic carbocycles. The molecule has 0 saturated heterocycles. The van der Waals surface area contributed by atoms with Crippen LogP contribution in [-0.4, -0.2) is 15.0 Å². The molecule has 0 aliphatic rings. The molecule has 0 radical (unpaired) electrons. The quantitative estimate of drug-likeness (QED) is 0.135. The second kappa shape index (κ2) is 29.5. The predicted molar refractivity (Wildman–Crippen MR) is 505 cm³/mol. The number of thiophene rings is 3. The van der Waals surface area contributed by atoms with Gasteiger partial charge in [-0.25, -0.2) is 0 Å². The molecule has 0 fully saturated rings. The van der Waals surface area contributed by atoms with Gasteiger partial charge < -0.3 is 0 Å². The van der Waals surface area contributed by atoms with Crippen LogP contribution in [0.15, 0.2) is 419 Å². The van der Waals surface area contributed by atoms with Crippen molar-refractivity contribution in [3.63, 3.8) is 0 Å². The Morgan fingerprint density at radius 1 is 0.145 bits per heavy atom. The van der Waals surface area contributed by atoms with Gasteiger partial charge in [-0.05, 0) is 175 Å². The summed E-state index contributed by atoms with van der Waals surface area (Å²) in [7, 11) is 0. The Hall–Kier alpha value is -14.4. The van der Waals surface area contributed by atoms with Crippen LogP contribution in [0.3, 0.4) is 0 Å². The normalized spacial score (nSPS) is 11.6. The van der Waals surface area contributed by atoms with E-state index in [1.165, 1.54) is 192 Å². The van der Waals surface area contributed by atoms with Crippen LogP contribution in [0.5, 0.6) is 0 Å². The van der Waals surface area contributed by atoms with Crippen LogP contribution >= 0.6 is 34.0 Å². The Bertz CT molecular complexity index is 7790. The molecule has 0 atom stereocenters. The van der Waals surface area contributed by atoms with Gasteiger partial charge in [0, 0.05) is 112 Å². The number of nitrogens with zero attached hydrogens (tertiary/aromatic N) is 3. The highest BCUT2D eigenvalue weighted by Gasteiger charge is 2.23. The fourth-order valence-corrected chi connectivity index (χ4v) is 21.3. The van der Waals surface area contributed by atoms with E-state index in [9.17, 15) is 0 Å². The lowest BCUT2D eigenvalue weighted by molar-refractivity contribution is 1.34. The standard InChI is InChI=1S/3C37H23NS/c1-2-11-24(12-3-1)35-27-13-4-6-15-29(27)36(30-16-7-5-14-28(30)35)32-22-21-25(23-38-32)26-18-10-20-34-37(26)31-17-8-9-19-33(31)39-34;1-2-10-24(11-3-1)36-28-13-4-6-15-30(28)37(31-16-7-5-14-29(31)36)33-20-18-26(23-38-33)25-19-21-35-32(22-25)27-12-8-9-17-34(27)39-35;1-2-10-24(11-3-1)36-29-13-4-6-15-31(29)37(32-16-7-5-14-30(32)36)33-21-19-26(23-38-33)25-18-20-28-27-12-8-9-17-34(27)39-35(28)22-25/h3*1-23H. The Labute approximate surface area is 688 Å². The van der Waals surface area contributed by atoms with Crippen molar-refractivity contribution in [3.8, 4) is 101 Å². The lowest BCUT2D eigenvalue weighted by Crippen LogP contribution is -1.92. The smallest absolute Gasteiger partial charge is 0.0714 e. The van der Waals surface area contributed by atoms with Crippen molar-refractivity contribution >= 4 is 159 Å². The SMILES string of the molecule is c1ccc(-c2c3ccccc3c(-c3ccc(-c4ccc5c(c4)sc4ccccc45)cn3)c3ccccc23)cc1.c1ccc(-c2c3ccccc3c(-c3ccc(-c4ccc5sc6ccccc6c5c4)cn3)c3ccccc23)cc1.c1ccc(-c2c3ccccc3c(-c3ccc(-c4cccc5sc6ccccc6c45)cn3)c3ccccc23)cc1. The molecule has 0 unspecified atom stereocenters. The first-order chi connectivity index (χ1) is 58.1. The second-order valence-electron chi connectivity index (χ2n) is 29.8. The molecule has 18 aromatic carbocycles. The molecule has 0 spiro atoms. The summed E-state index contributed by atoms with van der Waals surface area (Å²) in [6, 6.07) is 144. The minimum absolute atomic E-state index is 0.993. The minimum Gasteiger partial charge on any atom is -0.256 e. The largest absolute Gasteiger partial charge is 0.256 e. The zero-order chi connectivity index (χ0) is 77.3. The van der Waals surface area contributed by atoms with Crippen molar-refractivity contribution < 1.29 is 0 Å². The average molecular weight is 1540 g/mol. The van der Waals surface area contributed by atoms with Crippen molar-refractivity contribution in [2.45, 2.75) is 0 Å². The molecule has 3 nitrogen and oxygen atoms in total. The zero-order valence-electron chi connectivity index (χ0n) is 63.4. The van der Waals surface area contributed by atoms with Crippen LogP contribution in [0, 0.1) is 0 Å². The molecule has 0 aliphatic heterocycles. The second-order valence-corrected chi connectivity index (χ2v) is 33.1. The summed E-state index contributed by atoms with van der Waals surface area (Å²) in [6.45, 7) is 0. The summed E-state index contributed by atoms with van der Waals surface area (Å²) >= 11 is 5.56. The summed E-state index contributed by atoms with van der Waals surface area (Å²) in [4.78, 5) is 15.2. The number of hydrogen-bond donors (Lipinski definition) is 0. The molecule has 117 heavy (non-hydrogen) atoms. The maximum absolute atomic E-state index is 5.10. The van der Waals surface area contributed by atoms with Crippen molar-refractivity contribution in [2.24, 2.45) is 0 Å². The van der Waals surface area contributed by atoms with Gasteiger partial charge in [-0.1, -0.05) is 340 Å². The number of pyridine rings is 3. The Morgan fingerprint density at radius 3 is 0.812 bits per heavy atom. The lowest BCUT2D eigenvalue weighted by atomic mass is 9.87. The summed E-state index contributed by atoms with van der Waals surface area (Å²) in [5, 5.41) is 22.7. The van der Waals surface area contributed by atoms with Crippen LogP contribution in [0.25, 0.3) is 226 Å². The molecule has 0 bridgehead atoms. The van der Waals surface area contributed by atoms with Crippen molar-refractivity contribution in [1.82, 2.24) is 15.0 Å². The molecule has 6 aromatic heterocycles. The van der Waals surface area contributed by atoms with Crippen LogP contribution in [0.2, 0.25) is 0 Å². The van der Waals surface area contributed by atoms with Crippen molar-refractivity contribution in [2.75, 3.05) is 0 Å². The van der Waals surface area contributed by atoms with Crippen LogP contribution < -0.4 is 0 Å². The molecule has 0 amide bonds. The zero-order valence-corrected chi connectivity index (χ0v) is 65.9. The van der Waals surface area contributed by atoms with E-state index < -0.39 is 0 Å². The Morgan fingerprint density at radius 2 is 0.419 bits per heavy atom. The highest BCUT2D eigenvalue weighted by molar-refractivity contribution is 7.26. The van der Waals surface area contributed by atoms with Gasteiger partial charge in [0.2, 0.25) is 0 Å². The molecular formula is C111H69N3S3. The molecule has 546 valence electrons. The van der Waals surface area contributed by atoms with Crippen molar-refractivity contribution in [3.05, 3.63) is 419 Å². The topological polar surface area (TPSA) is 38.7 Å². The summed E-state index contributed by atoms with van der Waals surface area (Å²) in [5.41, 5.74) is 21.1. The van der Waals surface area contributed by atoms with E-state index in [0.29, 0.717) is 0 Å². The van der Waals surface area contributed by atoms with Gasteiger partial charge in [0.15, 0.2) is 0 Å². The number of rotatable bonds is 9. The van der Waals surface area contributed by atoms with Crippen LogP contribution in [0.1, 0.15) is 0 Å². The average Bonchev–Trinajstić information content (AvgIpc) is 1.66. The lowest BCUT2D eigenvalue weighted by Gasteiger charge is -2.17. The molecule has 24 rings (SSSR count). The van der Waals surface area contributed by atoms with E-state index in [1.807, 2.05) is 52.6 Å². The number of fused-ring (bicyclic) bond motifs is 15. The maximum Gasteiger partial charge on any atom is 0.0714 e. The van der Waals surface area contributed by atoms with E-state index in [0.717, 1.165) is 33.8 Å². The van der Waals surface area contributed by atoms with Gasteiger partial charge in [0.05, 0.1) is 17.1 Å². The minimum atomic E-state index is 0.993. The van der Waals surface area contributed by atoms with E-state index in [4.69, 9.17) is 15.0 Å². The van der Waals surface area contributed by atoms with Crippen LogP contribution in [-0.2, 0) is 0 Å². The van der Waals surface area contributed by atoms with Gasteiger partial charge in [-0.3, -0.25) is 15.0 Å². The number of hydrogen-bond acceptors (Lipinski definition) is 6. The molecule has 0 saturated carbocycles. The first-order valence-electron chi connectivity index (χ1n) is 39.7. The first-order valence-corrected chi connectivity index (χ1v) is 42.1. The molecular weight excluding hydrogens is 1470 g/mol. The van der Waals surface area contributed by atoms with E-state index >= 15 is 0 Å². The van der Waals surface area contributed by atoms with Gasteiger partial charge in [0.1, 0.15) is 0 Å². The number of benzene rings is 18. The molecule has 0 N–H and O–H groups in total. The van der Waals surface area contributed by atoms with Gasteiger partial charge in [0.25, 0.3) is 0 Å².